The number of nitrogens with zero attached hydrogens (tertiary/aromatic N) is 1. The predicted octanol–water partition coefficient (Wildman–Crippen LogP) is 18.0. The van der Waals surface area contributed by atoms with Crippen LogP contribution in [0.4, 0.5) is 17.6 Å². The van der Waals surface area contributed by atoms with Crippen LogP contribution in [0, 0.1) is 37.1 Å². The van der Waals surface area contributed by atoms with Gasteiger partial charge in [-0.1, -0.05) is 194 Å². The van der Waals surface area contributed by atoms with Crippen molar-refractivity contribution in [1.82, 2.24) is 20.9 Å². The smallest absolute Gasteiger partial charge is 0.338 e. The van der Waals surface area contributed by atoms with E-state index in [2.05, 4.69) is 47.3 Å². The fourth-order valence-corrected chi connectivity index (χ4v) is 9.33. The lowest BCUT2D eigenvalue weighted by Gasteiger charge is -2.11. The van der Waals surface area contributed by atoms with Crippen molar-refractivity contribution in [3.8, 4) is 0 Å². The molecule has 0 aliphatic heterocycles. The molecule has 0 aliphatic rings. The third-order valence-electron chi connectivity index (χ3n) is 14.6. The zero-order valence-corrected chi connectivity index (χ0v) is 60.4. The van der Waals surface area contributed by atoms with E-state index in [9.17, 15) is 55.9 Å². The summed E-state index contributed by atoms with van der Waals surface area (Å²) in [5, 5.41) is 8.54. The van der Waals surface area contributed by atoms with Gasteiger partial charge in [0.1, 0.15) is 36.5 Å². The van der Waals surface area contributed by atoms with Gasteiger partial charge in [-0.15, -0.1) is 0 Å². The Bertz CT molecular complexity index is 4870. The van der Waals surface area contributed by atoms with Crippen LogP contribution in [0.15, 0.2) is 261 Å². The van der Waals surface area contributed by atoms with Crippen molar-refractivity contribution in [1.29, 1.82) is 0 Å². The van der Waals surface area contributed by atoms with Crippen LogP contribution in [0.25, 0.3) is 46.6 Å². The first-order chi connectivity index (χ1) is 50.4. The van der Waals surface area contributed by atoms with E-state index in [4.69, 9.17) is 44.3 Å². The third kappa shape index (κ3) is 27.2. The summed E-state index contributed by atoms with van der Waals surface area (Å²) in [5.41, 5.74) is 8.20. The molecule has 3 N–H and O–H groups in total. The Morgan fingerprint density at radius 3 is 1.21 bits per heavy atom. The topological polar surface area (TPSA) is 204 Å². The minimum absolute atomic E-state index is 0.119. The average Bonchev–Trinajstić information content (AvgIpc) is 0.834. The number of aryl methyl sites for hydroxylation is 2. The lowest BCUT2D eigenvalue weighted by atomic mass is 10.0. The SMILES string of the molecule is C=C(C)C(=O)NC(=O)/C(=C/c1ccc(C)nc1)c1ccccc1.C=C(C)C(=O)NC(=O)/C(=C/c1ccc(Cl)cc1)c1ccc(C)cc1.C=C(C)C(=O)OCCOC(=O)/C(=C/c1ccc(Cl)cc1)c1ccc(F)cc1F.C=C(Cc1ccccc1)C(=O)NC(=O)/C(=C/c1ccc(Cl)cc1)c1ccc(F)cc1F. The van der Waals surface area contributed by atoms with Crippen molar-refractivity contribution in [3.05, 3.63) is 361 Å². The maximum absolute atomic E-state index is 14.4. The number of hydrogen-bond acceptors (Lipinski definition) is 11. The van der Waals surface area contributed by atoms with Gasteiger partial charge in [-0.2, -0.15) is 0 Å². The highest BCUT2D eigenvalue weighted by atomic mass is 35.5. The molecule has 0 radical (unpaired) electrons. The van der Waals surface area contributed by atoms with E-state index in [0.717, 1.165) is 63.3 Å². The van der Waals surface area contributed by atoms with Crippen molar-refractivity contribution >= 4 is 129 Å². The molecule has 0 atom stereocenters. The first-order valence-electron chi connectivity index (χ1n) is 32.1. The number of halogens is 7. The van der Waals surface area contributed by atoms with Gasteiger partial charge in [-0.3, -0.25) is 49.7 Å². The molecular formula is C85H71Cl3F4N4O10. The molecule has 1 aromatic heterocycles. The normalized spacial score (nSPS) is 11.1. The molecule has 0 spiro atoms. The number of nitrogens with one attached hydrogen (secondary N) is 3. The van der Waals surface area contributed by atoms with E-state index in [0.29, 0.717) is 49.5 Å². The number of benzene rings is 8. The molecule has 540 valence electrons. The number of hydrogen-bond donors (Lipinski definition) is 3. The summed E-state index contributed by atoms with van der Waals surface area (Å²) >= 11 is 17.6. The van der Waals surface area contributed by atoms with Crippen molar-refractivity contribution in [2.24, 2.45) is 0 Å². The third-order valence-corrected chi connectivity index (χ3v) is 15.3. The highest BCUT2D eigenvalue weighted by Gasteiger charge is 2.23. The Labute approximate surface area is 626 Å². The molecule has 21 heteroatoms. The second-order valence-electron chi connectivity index (χ2n) is 23.3. The molecule has 0 unspecified atom stereocenters. The zero-order valence-electron chi connectivity index (χ0n) is 58.1. The van der Waals surface area contributed by atoms with E-state index >= 15 is 0 Å². The predicted molar refractivity (Wildman–Crippen MR) is 410 cm³/mol. The van der Waals surface area contributed by atoms with Crippen LogP contribution in [-0.4, -0.2) is 65.6 Å². The van der Waals surface area contributed by atoms with Crippen molar-refractivity contribution in [2.75, 3.05) is 13.2 Å². The van der Waals surface area contributed by atoms with Crippen LogP contribution >= 0.6 is 34.8 Å². The van der Waals surface area contributed by atoms with Crippen LogP contribution in [0.2, 0.25) is 15.1 Å². The lowest BCUT2D eigenvalue weighted by Crippen LogP contribution is -2.32. The number of imide groups is 3. The summed E-state index contributed by atoms with van der Waals surface area (Å²) in [6, 6.07) is 55.4. The number of ether oxygens (including phenoxy) is 2. The molecule has 106 heavy (non-hydrogen) atoms. The second-order valence-corrected chi connectivity index (χ2v) is 24.6. The zero-order chi connectivity index (χ0) is 77.6. The van der Waals surface area contributed by atoms with Gasteiger partial charge < -0.3 is 9.47 Å². The van der Waals surface area contributed by atoms with Gasteiger partial charge in [0.05, 0.1) is 11.1 Å². The number of pyridine rings is 1. The first-order valence-corrected chi connectivity index (χ1v) is 33.3. The minimum atomic E-state index is -0.925. The Balaban J connectivity index is 0.000000223. The number of rotatable bonds is 21. The fraction of sp³-hybridized carbons (Fsp3) is 0.0941. The Morgan fingerprint density at radius 2 is 0.783 bits per heavy atom. The molecule has 9 rings (SSSR count). The van der Waals surface area contributed by atoms with Crippen molar-refractivity contribution in [2.45, 2.75) is 41.0 Å². The maximum Gasteiger partial charge on any atom is 0.338 e. The summed E-state index contributed by atoms with van der Waals surface area (Å²) in [4.78, 5) is 102. The van der Waals surface area contributed by atoms with Gasteiger partial charge >= 0.3 is 11.9 Å². The molecule has 0 bridgehead atoms. The summed E-state index contributed by atoms with van der Waals surface area (Å²) in [6.45, 7) is 22.3. The number of carbonyl (C=O) groups is 8. The van der Waals surface area contributed by atoms with Gasteiger partial charge in [-0.05, 0) is 165 Å². The summed E-state index contributed by atoms with van der Waals surface area (Å²) < 4.78 is 65.1. The standard InChI is InChI=1S/C25H18ClF2NO2.C21H17ClF2O4.C20H18ClNO2.C19H18N2O2/c1-16(13-17-5-3-2-4-6-17)24(30)29-25(31)22(14-18-7-9-19(26)10-8-18)21-12-11-20(27)15-23(21)28;1-13(2)20(25)27-9-10-28-21(26)18(11-14-3-5-15(22)6-4-14)17-8-7-16(23)12-19(17)24;1-13(2)19(23)22-20(24)18(16-8-4-14(3)5-9-16)12-15-6-10-17(21)11-7-15;1-13(2)18(22)21-19(23)17(16-7-5-4-6-8-16)11-15-10-9-14(3)20-12-15/h2-12,14-15H,1,13H2,(H,29,30,31);3-8,11-12H,1,9-10H2,2H3;4-12H,1H2,2-3H3,(H,22,23,24);4-12H,1H2,2-3H3,(H,21,22,23)/b22-14+;18-11+;18-12+;17-11+. The summed E-state index contributed by atoms with van der Waals surface area (Å²) in [6.07, 6.45) is 8.17. The average molecular weight is 1490 g/mol. The van der Waals surface area contributed by atoms with Crippen molar-refractivity contribution in [3.63, 3.8) is 0 Å². The molecule has 0 aliphatic carbocycles. The molecule has 0 saturated carbocycles. The van der Waals surface area contributed by atoms with Crippen LogP contribution in [0.3, 0.4) is 0 Å². The highest BCUT2D eigenvalue weighted by Crippen LogP contribution is 2.28. The lowest BCUT2D eigenvalue weighted by molar-refractivity contribution is -0.146. The largest absolute Gasteiger partial charge is 0.459 e. The van der Waals surface area contributed by atoms with E-state index < -0.39 is 70.7 Å². The van der Waals surface area contributed by atoms with Crippen molar-refractivity contribution < 1.29 is 65.4 Å². The van der Waals surface area contributed by atoms with E-state index in [1.165, 1.54) is 19.1 Å². The molecule has 8 aromatic carbocycles. The summed E-state index contributed by atoms with van der Waals surface area (Å²) in [7, 11) is 0. The Morgan fingerprint density at radius 1 is 0.406 bits per heavy atom. The fourth-order valence-electron chi connectivity index (χ4n) is 8.95. The van der Waals surface area contributed by atoms with E-state index in [1.54, 1.807) is 92.9 Å². The molecule has 6 amide bonds. The molecule has 14 nitrogen and oxygen atoms in total. The van der Waals surface area contributed by atoms with E-state index in [-0.39, 0.29) is 64.2 Å². The molecular weight excluding hydrogens is 1420 g/mol. The number of amides is 6. The molecule has 0 saturated heterocycles. The number of esters is 2. The van der Waals surface area contributed by atoms with Crippen LogP contribution in [0.1, 0.15) is 82.1 Å². The van der Waals surface area contributed by atoms with Crippen LogP contribution in [0.5, 0.6) is 0 Å². The van der Waals surface area contributed by atoms with Gasteiger partial charge in [0.15, 0.2) is 0 Å². The number of carbonyl (C=O) groups excluding carboxylic acids is 8. The minimum Gasteiger partial charge on any atom is -0.459 e. The van der Waals surface area contributed by atoms with E-state index in [1.807, 2.05) is 123 Å². The van der Waals surface area contributed by atoms with Crippen LogP contribution < -0.4 is 16.0 Å². The van der Waals surface area contributed by atoms with Gasteiger partial charge in [0.25, 0.3) is 35.4 Å². The Kier molecular flexibility index (Phi) is 32.1. The molecule has 0 fully saturated rings. The Hall–Kier alpha value is -12.2. The summed E-state index contributed by atoms with van der Waals surface area (Å²) in [5.74, 6) is -8.29. The van der Waals surface area contributed by atoms with Gasteiger partial charge in [0.2, 0.25) is 0 Å². The quantitative estimate of drug-likeness (QED) is 0.0203. The van der Waals surface area contributed by atoms with Gasteiger partial charge in [-0.25, -0.2) is 27.2 Å². The van der Waals surface area contributed by atoms with Gasteiger partial charge in [0, 0.05) is 90.1 Å². The van der Waals surface area contributed by atoms with Crippen LogP contribution in [-0.2, 0) is 54.3 Å². The second kappa shape index (κ2) is 41.2. The monoisotopic (exact) mass is 1490 g/mol. The molecule has 9 aromatic rings. The molecule has 1 heterocycles. The number of aromatic nitrogens is 1. The maximum atomic E-state index is 14.4. The first kappa shape index (κ1) is 82.7. The highest BCUT2D eigenvalue weighted by molar-refractivity contribution is 6.33.